The molecule has 1 aliphatic heterocycles. The van der Waals surface area contributed by atoms with Gasteiger partial charge in [0.25, 0.3) is 0 Å². The Balaban J connectivity index is 1.84. The third-order valence-corrected chi connectivity index (χ3v) is 5.54. The molecule has 1 N–H and O–H groups in total. The van der Waals surface area contributed by atoms with Crippen molar-refractivity contribution in [1.82, 2.24) is 15.1 Å². The molecule has 0 bridgehead atoms. The lowest BCUT2D eigenvalue weighted by molar-refractivity contribution is 0.0524. The molecular weight excluding hydrogens is 258 g/mol. The van der Waals surface area contributed by atoms with E-state index in [1.807, 2.05) is 0 Å². The van der Waals surface area contributed by atoms with Crippen molar-refractivity contribution in [2.45, 2.75) is 65.3 Å². The van der Waals surface area contributed by atoms with Crippen LogP contribution in [-0.2, 0) is 0 Å². The Morgan fingerprint density at radius 1 is 1.00 bits per heavy atom. The highest BCUT2D eigenvalue weighted by Crippen LogP contribution is 2.36. The minimum absolute atomic E-state index is 0.563. The lowest BCUT2D eigenvalue weighted by atomic mass is 9.73. The van der Waals surface area contributed by atoms with E-state index in [0.29, 0.717) is 11.5 Å². The van der Waals surface area contributed by atoms with Crippen molar-refractivity contribution in [1.29, 1.82) is 0 Å². The first-order chi connectivity index (χ1) is 10.2. The highest BCUT2D eigenvalue weighted by molar-refractivity contribution is 4.89. The van der Waals surface area contributed by atoms with Crippen LogP contribution in [0.3, 0.4) is 0 Å². The minimum atomic E-state index is 0.563. The number of rotatable bonds is 7. The topological polar surface area (TPSA) is 18.5 Å². The van der Waals surface area contributed by atoms with E-state index in [0.717, 1.165) is 0 Å². The molecule has 0 atom stereocenters. The summed E-state index contributed by atoms with van der Waals surface area (Å²) in [7, 11) is 0. The zero-order chi connectivity index (χ0) is 15.1. The number of nitrogens with one attached hydrogen (secondary N) is 1. The van der Waals surface area contributed by atoms with Crippen molar-refractivity contribution in [3.63, 3.8) is 0 Å². The molecule has 1 heterocycles. The lowest BCUT2D eigenvalue weighted by Gasteiger charge is -2.44. The smallest absolute Gasteiger partial charge is 0.0113 e. The van der Waals surface area contributed by atoms with Gasteiger partial charge in [-0.05, 0) is 45.1 Å². The summed E-state index contributed by atoms with van der Waals surface area (Å²) in [6, 6.07) is 0.710. The molecule has 124 valence electrons. The molecule has 0 amide bonds. The molecule has 2 aliphatic rings. The third kappa shape index (κ3) is 5.22. The van der Waals surface area contributed by atoms with Crippen LogP contribution in [0.2, 0.25) is 0 Å². The predicted molar refractivity (Wildman–Crippen MR) is 91.8 cm³/mol. The van der Waals surface area contributed by atoms with E-state index < -0.39 is 0 Å². The van der Waals surface area contributed by atoms with E-state index in [-0.39, 0.29) is 0 Å². The summed E-state index contributed by atoms with van der Waals surface area (Å²) < 4.78 is 0. The van der Waals surface area contributed by atoms with Gasteiger partial charge in [0.15, 0.2) is 0 Å². The second-order valence-electron chi connectivity index (χ2n) is 7.64. The molecular formula is C18H37N3. The van der Waals surface area contributed by atoms with E-state index in [1.165, 1.54) is 84.3 Å². The Morgan fingerprint density at radius 2 is 1.67 bits per heavy atom. The maximum Gasteiger partial charge on any atom is 0.0113 e. The van der Waals surface area contributed by atoms with Gasteiger partial charge in [-0.1, -0.05) is 26.2 Å². The molecule has 1 saturated heterocycles. The fourth-order valence-electron chi connectivity index (χ4n) is 4.14. The van der Waals surface area contributed by atoms with Gasteiger partial charge in [0.05, 0.1) is 0 Å². The van der Waals surface area contributed by atoms with Crippen molar-refractivity contribution < 1.29 is 0 Å². The van der Waals surface area contributed by atoms with Crippen molar-refractivity contribution in [2.75, 3.05) is 45.8 Å². The zero-order valence-corrected chi connectivity index (χ0v) is 14.7. The summed E-state index contributed by atoms with van der Waals surface area (Å²) >= 11 is 0. The fraction of sp³-hybridized carbons (Fsp3) is 1.00. The Morgan fingerprint density at radius 3 is 2.24 bits per heavy atom. The standard InChI is InChI=1S/C18H37N3/c1-4-10-19-15-18(8-6-5-7-9-18)16-20-11-13-21(14-12-20)17(2)3/h17,19H,4-16H2,1-3H3. The van der Waals surface area contributed by atoms with E-state index in [4.69, 9.17) is 0 Å². The van der Waals surface area contributed by atoms with E-state index in [1.54, 1.807) is 0 Å². The molecule has 0 aromatic heterocycles. The van der Waals surface area contributed by atoms with Crippen LogP contribution in [0, 0.1) is 5.41 Å². The first-order valence-corrected chi connectivity index (χ1v) is 9.32. The second kappa shape index (κ2) is 8.50. The van der Waals surface area contributed by atoms with Crippen molar-refractivity contribution in [2.24, 2.45) is 5.41 Å². The van der Waals surface area contributed by atoms with Gasteiger partial charge in [0.1, 0.15) is 0 Å². The van der Waals surface area contributed by atoms with Crippen LogP contribution in [0.25, 0.3) is 0 Å². The number of piperazine rings is 1. The summed E-state index contributed by atoms with van der Waals surface area (Å²) in [6.45, 7) is 15.7. The lowest BCUT2D eigenvalue weighted by Crippen LogP contribution is -2.53. The summed E-state index contributed by atoms with van der Waals surface area (Å²) in [5, 5.41) is 3.73. The molecule has 0 radical (unpaired) electrons. The first-order valence-electron chi connectivity index (χ1n) is 9.32. The largest absolute Gasteiger partial charge is 0.316 e. The maximum atomic E-state index is 3.73. The van der Waals surface area contributed by atoms with Gasteiger partial charge in [-0.2, -0.15) is 0 Å². The van der Waals surface area contributed by atoms with Crippen molar-refractivity contribution >= 4 is 0 Å². The fourth-order valence-corrected chi connectivity index (χ4v) is 4.14. The van der Waals surface area contributed by atoms with Crippen LogP contribution >= 0.6 is 0 Å². The molecule has 3 nitrogen and oxygen atoms in total. The average molecular weight is 296 g/mol. The Hall–Kier alpha value is -0.120. The van der Waals surface area contributed by atoms with Gasteiger partial charge in [-0.15, -0.1) is 0 Å². The molecule has 3 heteroatoms. The summed E-state index contributed by atoms with van der Waals surface area (Å²) in [4.78, 5) is 5.37. The third-order valence-electron chi connectivity index (χ3n) is 5.54. The summed E-state index contributed by atoms with van der Waals surface area (Å²) in [5.74, 6) is 0. The van der Waals surface area contributed by atoms with E-state index in [2.05, 4.69) is 35.9 Å². The molecule has 0 spiro atoms. The Kier molecular flexibility index (Phi) is 6.97. The molecule has 1 aliphatic carbocycles. The normalized spacial score (nSPS) is 24.6. The zero-order valence-electron chi connectivity index (χ0n) is 14.7. The quantitative estimate of drug-likeness (QED) is 0.729. The predicted octanol–water partition coefficient (Wildman–Crippen LogP) is 2.96. The molecule has 21 heavy (non-hydrogen) atoms. The Bertz CT molecular complexity index is 276. The van der Waals surface area contributed by atoms with E-state index in [9.17, 15) is 0 Å². The molecule has 1 saturated carbocycles. The van der Waals surface area contributed by atoms with Crippen LogP contribution in [0.5, 0.6) is 0 Å². The molecule has 0 unspecified atom stereocenters. The maximum absolute atomic E-state index is 3.73. The van der Waals surface area contributed by atoms with Crippen molar-refractivity contribution in [3.8, 4) is 0 Å². The van der Waals surface area contributed by atoms with Gasteiger partial charge < -0.3 is 10.2 Å². The minimum Gasteiger partial charge on any atom is -0.316 e. The van der Waals surface area contributed by atoms with Crippen LogP contribution in [-0.4, -0.2) is 61.7 Å². The average Bonchev–Trinajstić information content (AvgIpc) is 2.49. The van der Waals surface area contributed by atoms with Gasteiger partial charge in [-0.25, -0.2) is 0 Å². The highest BCUT2D eigenvalue weighted by Gasteiger charge is 2.34. The number of hydrogen-bond donors (Lipinski definition) is 1. The van der Waals surface area contributed by atoms with E-state index >= 15 is 0 Å². The highest BCUT2D eigenvalue weighted by atomic mass is 15.3. The summed E-state index contributed by atoms with van der Waals surface area (Å²) in [5.41, 5.74) is 0.563. The van der Waals surface area contributed by atoms with Crippen LogP contribution in [0.15, 0.2) is 0 Å². The van der Waals surface area contributed by atoms with Crippen LogP contribution in [0.1, 0.15) is 59.3 Å². The monoisotopic (exact) mass is 295 g/mol. The summed E-state index contributed by atoms with van der Waals surface area (Å²) in [6.07, 6.45) is 8.47. The van der Waals surface area contributed by atoms with Gasteiger partial charge >= 0.3 is 0 Å². The Labute approximate surface area is 132 Å². The number of hydrogen-bond acceptors (Lipinski definition) is 3. The second-order valence-corrected chi connectivity index (χ2v) is 7.64. The molecule has 0 aromatic carbocycles. The van der Waals surface area contributed by atoms with Crippen LogP contribution in [0.4, 0.5) is 0 Å². The number of nitrogens with zero attached hydrogens (tertiary/aromatic N) is 2. The molecule has 0 aromatic rings. The van der Waals surface area contributed by atoms with Gasteiger partial charge in [0, 0.05) is 45.3 Å². The molecule has 2 fully saturated rings. The van der Waals surface area contributed by atoms with Crippen LogP contribution < -0.4 is 5.32 Å². The SMILES string of the molecule is CCCNCC1(CN2CCN(C(C)C)CC2)CCCCC1. The first kappa shape index (κ1) is 17.2. The van der Waals surface area contributed by atoms with Gasteiger partial charge in [-0.3, -0.25) is 4.90 Å². The molecule has 2 rings (SSSR count). The van der Waals surface area contributed by atoms with Gasteiger partial charge in [0.2, 0.25) is 0 Å². The van der Waals surface area contributed by atoms with Crippen molar-refractivity contribution in [3.05, 3.63) is 0 Å².